The lowest BCUT2D eigenvalue weighted by Crippen LogP contribution is -2.23. The molecule has 1 aromatic carbocycles. The van der Waals surface area contributed by atoms with E-state index >= 15 is 0 Å². The Balaban J connectivity index is 2.19. The van der Waals surface area contributed by atoms with Gasteiger partial charge in [-0.05, 0) is 25.5 Å². The maximum atomic E-state index is 12.6. The molecule has 3 nitrogen and oxygen atoms in total. The van der Waals surface area contributed by atoms with E-state index in [-0.39, 0.29) is 17.4 Å². The zero-order chi connectivity index (χ0) is 14.5. The summed E-state index contributed by atoms with van der Waals surface area (Å²) in [4.78, 5) is 16.7. The molecule has 0 fully saturated rings. The van der Waals surface area contributed by atoms with Crippen molar-refractivity contribution < 1.29 is 13.2 Å². The predicted molar refractivity (Wildman–Crippen MR) is 68.7 cm³/mol. The summed E-state index contributed by atoms with van der Waals surface area (Å²) in [6.07, 6.45) is -4.87. The Kier molecular flexibility index (Phi) is 2.84. The van der Waals surface area contributed by atoms with E-state index in [0.717, 1.165) is 0 Å². The Hall–Kier alpha value is -1.85. The average molecular weight is 282 g/mol. The van der Waals surface area contributed by atoms with Crippen LogP contribution in [-0.4, -0.2) is 15.7 Å². The topological polar surface area (TPSA) is 34.9 Å². The van der Waals surface area contributed by atoms with Crippen molar-refractivity contribution in [1.29, 1.82) is 0 Å². The highest BCUT2D eigenvalue weighted by Gasteiger charge is 2.39. The number of nitrogens with zero attached hydrogens (tertiary/aromatic N) is 2. The lowest BCUT2D eigenvalue weighted by Gasteiger charge is -2.13. The maximum absolute atomic E-state index is 12.6. The van der Waals surface area contributed by atoms with Crippen LogP contribution in [0.4, 0.5) is 13.2 Å². The molecule has 20 heavy (non-hydrogen) atoms. The molecular weight excluding hydrogens is 269 g/mol. The molecule has 0 N–H and O–H groups in total. The third kappa shape index (κ3) is 2.09. The van der Waals surface area contributed by atoms with E-state index in [1.807, 2.05) is 0 Å². The number of benzene rings is 1. The second-order valence-corrected chi connectivity index (χ2v) is 5.26. The molecule has 2 unspecified atom stereocenters. The van der Waals surface area contributed by atoms with Crippen LogP contribution < -0.4 is 5.56 Å². The van der Waals surface area contributed by atoms with E-state index in [2.05, 4.69) is 4.98 Å². The molecule has 1 aromatic heterocycles. The highest BCUT2D eigenvalue weighted by molar-refractivity contribution is 5.77. The molecule has 1 aliphatic rings. The first-order chi connectivity index (χ1) is 9.37. The number of hydrogen-bond acceptors (Lipinski definition) is 2. The van der Waals surface area contributed by atoms with Crippen LogP contribution in [0, 0.1) is 0 Å². The van der Waals surface area contributed by atoms with E-state index < -0.39 is 18.5 Å². The van der Waals surface area contributed by atoms with Crippen molar-refractivity contribution >= 4 is 10.9 Å². The van der Waals surface area contributed by atoms with Gasteiger partial charge in [-0.1, -0.05) is 12.1 Å². The average Bonchev–Trinajstić information content (AvgIpc) is 2.64. The first kappa shape index (κ1) is 13.1. The van der Waals surface area contributed by atoms with Gasteiger partial charge in [0.15, 0.2) is 0 Å². The summed E-state index contributed by atoms with van der Waals surface area (Å²) in [5.41, 5.74) is 0.216. The van der Waals surface area contributed by atoms with Crippen LogP contribution in [0.15, 0.2) is 29.1 Å². The maximum Gasteiger partial charge on any atom is 0.389 e. The molecule has 2 atom stereocenters. The number of fused-ring (bicyclic) bond motifs is 2. The van der Waals surface area contributed by atoms with Crippen molar-refractivity contribution in [2.75, 3.05) is 0 Å². The van der Waals surface area contributed by atoms with Crippen molar-refractivity contribution in [3.63, 3.8) is 0 Å². The second-order valence-electron chi connectivity index (χ2n) is 5.26. The van der Waals surface area contributed by atoms with Gasteiger partial charge in [0.2, 0.25) is 0 Å². The van der Waals surface area contributed by atoms with Gasteiger partial charge in [0.1, 0.15) is 5.82 Å². The lowest BCUT2D eigenvalue weighted by molar-refractivity contribution is -0.139. The van der Waals surface area contributed by atoms with Crippen molar-refractivity contribution in [3.05, 3.63) is 40.4 Å². The van der Waals surface area contributed by atoms with Gasteiger partial charge in [0.25, 0.3) is 5.56 Å². The Morgan fingerprint density at radius 2 is 2.05 bits per heavy atom. The van der Waals surface area contributed by atoms with Crippen molar-refractivity contribution in [3.8, 4) is 0 Å². The fraction of sp³-hybridized carbons (Fsp3) is 0.429. The molecular formula is C14H13F3N2O. The van der Waals surface area contributed by atoms with Crippen LogP contribution in [-0.2, 0) is 0 Å². The Morgan fingerprint density at radius 3 is 2.75 bits per heavy atom. The standard InChI is InChI=1S/C14H13F3N2O/c1-8-6-9(7-14(15,16)17)12-18-11-5-3-2-4-10(11)13(20)19(8)12/h2-5,8-9H,6-7H2,1H3. The molecule has 0 bridgehead atoms. The van der Waals surface area contributed by atoms with Gasteiger partial charge in [0.05, 0.1) is 17.3 Å². The first-order valence-corrected chi connectivity index (χ1v) is 6.45. The van der Waals surface area contributed by atoms with Crippen LogP contribution in [0.1, 0.15) is 37.5 Å². The third-order valence-electron chi connectivity index (χ3n) is 3.74. The van der Waals surface area contributed by atoms with Crippen LogP contribution in [0.3, 0.4) is 0 Å². The van der Waals surface area contributed by atoms with Gasteiger partial charge < -0.3 is 0 Å². The summed E-state index contributed by atoms with van der Waals surface area (Å²) in [5.74, 6) is -0.471. The van der Waals surface area contributed by atoms with E-state index in [1.165, 1.54) is 4.57 Å². The van der Waals surface area contributed by atoms with Crippen molar-refractivity contribution in [2.24, 2.45) is 0 Å². The number of para-hydroxylation sites is 1. The largest absolute Gasteiger partial charge is 0.389 e. The van der Waals surface area contributed by atoms with Gasteiger partial charge in [-0.25, -0.2) is 4.98 Å². The molecule has 0 amide bonds. The zero-order valence-electron chi connectivity index (χ0n) is 10.8. The zero-order valence-corrected chi connectivity index (χ0v) is 10.8. The fourth-order valence-electron chi connectivity index (χ4n) is 2.95. The molecule has 0 saturated carbocycles. The number of rotatable bonds is 1. The highest BCUT2D eigenvalue weighted by Crippen LogP contribution is 2.40. The summed E-state index contributed by atoms with van der Waals surface area (Å²) in [6.45, 7) is 1.76. The Labute approximate surface area is 113 Å². The molecule has 0 radical (unpaired) electrons. The predicted octanol–water partition coefficient (Wildman–Crippen LogP) is 3.40. The molecule has 1 aliphatic heterocycles. The highest BCUT2D eigenvalue weighted by atomic mass is 19.4. The van der Waals surface area contributed by atoms with E-state index in [4.69, 9.17) is 0 Å². The van der Waals surface area contributed by atoms with Crippen molar-refractivity contribution in [1.82, 2.24) is 9.55 Å². The van der Waals surface area contributed by atoms with Crippen molar-refractivity contribution in [2.45, 2.75) is 37.9 Å². The quantitative estimate of drug-likeness (QED) is 0.803. The normalized spacial score (nSPS) is 22.2. The van der Waals surface area contributed by atoms with Crippen LogP contribution in [0.25, 0.3) is 10.9 Å². The SMILES string of the molecule is CC1CC(CC(F)(F)F)c2nc3ccccc3c(=O)n21. The summed E-state index contributed by atoms with van der Waals surface area (Å²) in [7, 11) is 0. The second kappa shape index (κ2) is 4.33. The lowest BCUT2D eigenvalue weighted by atomic mass is 10.0. The van der Waals surface area contributed by atoms with E-state index in [1.54, 1.807) is 31.2 Å². The van der Waals surface area contributed by atoms with Gasteiger partial charge in [-0.3, -0.25) is 9.36 Å². The Bertz CT molecular complexity index is 720. The summed E-state index contributed by atoms with van der Waals surface area (Å²) in [6, 6.07) is 6.52. The molecule has 106 valence electrons. The minimum absolute atomic E-state index is 0.247. The molecule has 6 heteroatoms. The van der Waals surface area contributed by atoms with Crippen LogP contribution in [0.5, 0.6) is 0 Å². The van der Waals surface area contributed by atoms with Gasteiger partial charge in [-0.15, -0.1) is 0 Å². The number of alkyl halides is 3. The molecule has 0 saturated heterocycles. The summed E-state index contributed by atoms with van der Waals surface area (Å²) in [5, 5.41) is 0.454. The molecule has 0 spiro atoms. The Morgan fingerprint density at radius 1 is 1.35 bits per heavy atom. The number of aromatic nitrogens is 2. The smallest absolute Gasteiger partial charge is 0.293 e. The van der Waals surface area contributed by atoms with Crippen LogP contribution >= 0.6 is 0 Å². The first-order valence-electron chi connectivity index (χ1n) is 6.45. The fourth-order valence-corrected chi connectivity index (χ4v) is 2.95. The molecule has 2 aromatic rings. The van der Waals surface area contributed by atoms with Crippen LogP contribution in [0.2, 0.25) is 0 Å². The third-order valence-corrected chi connectivity index (χ3v) is 3.74. The molecule has 0 aliphatic carbocycles. The van der Waals surface area contributed by atoms with Gasteiger partial charge >= 0.3 is 6.18 Å². The monoisotopic (exact) mass is 282 g/mol. The van der Waals surface area contributed by atoms with E-state index in [9.17, 15) is 18.0 Å². The minimum Gasteiger partial charge on any atom is -0.293 e. The van der Waals surface area contributed by atoms with E-state index in [0.29, 0.717) is 17.3 Å². The summed E-state index contributed by atoms with van der Waals surface area (Å²) >= 11 is 0. The number of hydrogen-bond donors (Lipinski definition) is 0. The van der Waals surface area contributed by atoms with Gasteiger partial charge in [-0.2, -0.15) is 13.2 Å². The minimum atomic E-state index is -4.25. The molecule has 3 rings (SSSR count). The molecule has 2 heterocycles. The summed E-state index contributed by atoms with van der Waals surface area (Å²) < 4.78 is 39.3. The van der Waals surface area contributed by atoms with Gasteiger partial charge in [0, 0.05) is 12.0 Å². The number of halogens is 3.